The zero-order chi connectivity index (χ0) is 13.8. The van der Waals surface area contributed by atoms with Crippen LogP contribution in [0.25, 0.3) is 0 Å². The summed E-state index contributed by atoms with van der Waals surface area (Å²) in [6.45, 7) is 3.44. The lowest BCUT2D eigenvalue weighted by Gasteiger charge is -2.21. The number of amides is 1. The van der Waals surface area contributed by atoms with Gasteiger partial charge in [0, 0.05) is 24.1 Å². The molecule has 4 nitrogen and oxygen atoms in total. The average Bonchev–Trinajstić information content (AvgIpc) is 2.36. The zero-order valence-electron chi connectivity index (χ0n) is 11.0. The number of carbonyl (C=O) groups is 1. The molecule has 1 fully saturated rings. The lowest BCUT2D eigenvalue weighted by molar-refractivity contribution is -0.117. The third-order valence-electron chi connectivity index (χ3n) is 3.44. The van der Waals surface area contributed by atoms with E-state index in [-0.39, 0.29) is 5.91 Å². The molecule has 0 aliphatic carbocycles. The Bertz CT molecular complexity index is 471. The van der Waals surface area contributed by atoms with Gasteiger partial charge in [-0.2, -0.15) is 0 Å². The molecule has 0 unspecified atom stereocenters. The maximum Gasteiger partial charge on any atom is 0.224 e. The number of ether oxygens (including phenoxy) is 1. The summed E-state index contributed by atoms with van der Waals surface area (Å²) in [5.74, 6) is 0.444. The van der Waals surface area contributed by atoms with Gasteiger partial charge in [-0.25, -0.2) is 0 Å². The van der Waals surface area contributed by atoms with Crippen LogP contribution in [-0.4, -0.2) is 19.1 Å². The highest BCUT2D eigenvalue weighted by molar-refractivity contribution is 9.10. The van der Waals surface area contributed by atoms with E-state index in [1.165, 1.54) is 0 Å². The van der Waals surface area contributed by atoms with Crippen molar-refractivity contribution in [2.45, 2.75) is 26.2 Å². The van der Waals surface area contributed by atoms with E-state index < -0.39 is 0 Å². The Morgan fingerprint density at radius 1 is 1.47 bits per heavy atom. The molecule has 1 aromatic carbocycles. The predicted molar refractivity (Wildman–Crippen MR) is 80.1 cm³/mol. The topological polar surface area (TPSA) is 64.3 Å². The van der Waals surface area contributed by atoms with Crippen molar-refractivity contribution in [2.75, 3.05) is 24.3 Å². The number of aryl methyl sites for hydroxylation is 1. The molecule has 0 atom stereocenters. The van der Waals surface area contributed by atoms with E-state index in [2.05, 4.69) is 21.2 Å². The fourth-order valence-corrected chi connectivity index (χ4v) is 2.84. The molecule has 0 saturated carbocycles. The first kappa shape index (κ1) is 14.3. The summed E-state index contributed by atoms with van der Waals surface area (Å²) in [7, 11) is 0. The highest BCUT2D eigenvalue weighted by Crippen LogP contribution is 2.28. The highest BCUT2D eigenvalue weighted by atomic mass is 79.9. The fraction of sp³-hybridized carbons (Fsp3) is 0.500. The Morgan fingerprint density at radius 2 is 2.16 bits per heavy atom. The van der Waals surface area contributed by atoms with Gasteiger partial charge in [-0.15, -0.1) is 0 Å². The van der Waals surface area contributed by atoms with Gasteiger partial charge in [-0.1, -0.05) is 15.9 Å². The monoisotopic (exact) mass is 326 g/mol. The minimum atomic E-state index is 0.0242. The van der Waals surface area contributed by atoms with E-state index in [0.29, 0.717) is 23.7 Å². The molecule has 1 heterocycles. The van der Waals surface area contributed by atoms with Gasteiger partial charge in [-0.05, 0) is 43.4 Å². The fourth-order valence-electron chi connectivity index (χ4n) is 2.27. The van der Waals surface area contributed by atoms with Crippen LogP contribution in [0.15, 0.2) is 16.6 Å². The van der Waals surface area contributed by atoms with Gasteiger partial charge in [0.1, 0.15) is 0 Å². The summed E-state index contributed by atoms with van der Waals surface area (Å²) in [5.41, 5.74) is 8.24. The number of nitrogens with one attached hydrogen (secondary N) is 1. The Kier molecular flexibility index (Phi) is 4.82. The standard InChI is InChI=1S/C14H19BrN2O2/c1-9-6-11(15)8-12(14(9)16)17-13(18)7-10-2-4-19-5-3-10/h6,8,10H,2-5,7,16H2,1H3,(H,17,18). The van der Waals surface area contributed by atoms with Crippen LogP contribution in [0, 0.1) is 12.8 Å². The summed E-state index contributed by atoms with van der Waals surface area (Å²) >= 11 is 3.41. The second-order valence-corrected chi connectivity index (χ2v) is 5.91. The molecule has 1 aliphatic rings. The second kappa shape index (κ2) is 6.39. The number of anilines is 2. The Hall–Kier alpha value is -1.07. The Labute approximate surface area is 121 Å². The minimum absolute atomic E-state index is 0.0242. The lowest BCUT2D eigenvalue weighted by atomic mass is 9.96. The van der Waals surface area contributed by atoms with E-state index >= 15 is 0 Å². The van der Waals surface area contributed by atoms with E-state index in [1.807, 2.05) is 19.1 Å². The van der Waals surface area contributed by atoms with Gasteiger partial charge in [-0.3, -0.25) is 4.79 Å². The number of rotatable bonds is 3. The van der Waals surface area contributed by atoms with Crippen LogP contribution in [-0.2, 0) is 9.53 Å². The molecule has 104 valence electrons. The SMILES string of the molecule is Cc1cc(Br)cc(NC(=O)CC2CCOCC2)c1N. The molecule has 0 bridgehead atoms. The first-order chi connectivity index (χ1) is 9.06. The molecule has 1 amide bonds. The van der Waals surface area contributed by atoms with Crippen LogP contribution < -0.4 is 11.1 Å². The summed E-state index contributed by atoms with van der Waals surface area (Å²) in [6.07, 6.45) is 2.45. The van der Waals surface area contributed by atoms with E-state index in [0.717, 1.165) is 36.1 Å². The highest BCUT2D eigenvalue weighted by Gasteiger charge is 2.18. The van der Waals surface area contributed by atoms with Crippen molar-refractivity contribution < 1.29 is 9.53 Å². The largest absolute Gasteiger partial charge is 0.397 e. The summed E-state index contributed by atoms with van der Waals surface area (Å²) < 4.78 is 6.21. The quantitative estimate of drug-likeness (QED) is 0.839. The number of nitrogens with two attached hydrogens (primary N) is 1. The summed E-state index contributed by atoms with van der Waals surface area (Å²) in [6, 6.07) is 3.77. The first-order valence-corrected chi connectivity index (χ1v) is 7.29. The van der Waals surface area contributed by atoms with Gasteiger partial charge in [0.25, 0.3) is 0 Å². The van der Waals surface area contributed by atoms with Gasteiger partial charge in [0.15, 0.2) is 0 Å². The van der Waals surface area contributed by atoms with Crippen molar-refractivity contribution in [3.8, 4) is 0 Å². The lowest BCUT2D eigenvalue weighted by Crippen LogP contribution is -2.22. The van der Waals surface area contributed by atoms with Gasteiger partial charge in [0.05, 0.1) is 11.4 Å². The molecule has 0 spiro atoms. The van der Waals surface area contributed by atoms with Crippen molar-refractivity contribution in [1.82, 2.24) is 0 Å². The number of carbonyl (C=O) groups excluding carboxylic acids is 1. The van der Waals surface area contributed by atoms with Crippen molar-refractivity contribution in [2.24, 2.45) is 5.92 Å². The third kappa shape index (κ3) is 3.94. The third-order valence-corrected chi connectivity index (χ3v) is 3.90. The van der Waals surface area contributed by atoms with Crippen molar-refractivity contribution in [3.05, 3.63) is 22.2 Å². The molecule has 0 aromatic heterocycles. The molecule has 1 aromatic rings. The van der Waals surface area contributed by atoms with Crippen LogP contribution in [0.3, 0.4) is 0 Å². The van der Waals surface area contributed by atoms with Crippen molar-refractivity contribution in [1.29, 1.82) is 0 Å². The molecule has 3 N–H and O–H groups in total. The van der Waals surface area contributed by atoms with Crippen LogP contribution in [0.4, 0.5) is 11.4 Å². The number of halogens is 1. The number of benzene rings is 1. The molecule has 2 rings (SSSR count). The second-order valence-electron chi connectivity index (χ2n) is 4.99. The minimum Gasteiger partial charge on any atom is -0.397 e. The van der Waals surface area contributed by atoms with E-state index in [1.54, 1.807) is 0 Å². The maximum atomic E-state index is 12.0. The van der Waals surface area contributed by atoms with E-state index in [9.17, 15) is 4.79 Å². The number of hydrogen-bond acceptors (Lipinski definition) is 3. The Balaban J connectivity index is 1.98. The smallest absolute Gasteiger partial charge is 0.224 e. The van der Waals surface area contributed by atoms with Crippen LogP contribution in [0.2, 0.25) is 0 Å². The summed E-state index contributed by atoms with van der Waals surface area (Å²) in [5, 5.41) is 2.90. The molecular weight excluding hydrogens is 308 g/mol. The van der Waals surface area contributed by atoms with Crippen LogP contribution in [0.5, 0.6) is 0 Å². The van der Waals surface area contributed by atoms with Crippen molar-refractivity contribution in [3.63, 3.8) is 0 Å². The van der Waals surface area contributed by atoms with Crippen LogP contribution in [0.1, 0.15) is 24.8 Å². The molecule has 1 aliphatic heterocycles. The first-order valence-electron chi connectivity index (χ1n) is 6.49. The Morgan fingerprint density at radius 3 is 2.84 bits per heavy atom. The van der Waals surface area contributed by atoms with Gasteiger partial charge < -0.3 is 15.8 Å². The number of hydrogen-bond donors (Lipinski definition) is 2. The maximum absolute atomic E-state index is 12.0. The van der Waals surface area contributed by atoms with Gasteiger partial charge >= 0.3 is 0 Å². The predicted octanol–water partition coefficient (Wildman–Crippen LogP) is 3.09. The van der Waals surface area contributed by atoms with Crippen LogP contribution >= 0.6 is 15.9 Å². The molecular formula is C14H19BrN2O2. The molecule has 0 radical (unpaired) electrons. The molecule has 19 heavy (non-hydrogen) atoms. The van der Waals surface area contributed by atoms with Gasteiger partial charge in [0.2, 0.25) is 5.91 Å². The zero-order valence-corrected chi connectivity index (χ0v) is 12.6. The molecule has 1 saturated heterocycles. The number of nitrogen functional groups attached to an aromatic ring is 1. The molecule has 5 heteroatoms. The van der Waals surface area contributed by atoms with E-state index in [4.69, 9.17) is 10.5 Å². The van der Waals surface area contributed by atoms with Crippen molar-refractivity contribution >= 4 is 33.2 Å². The normalized spacial score (nSPS) is 16.3. The summed E-state index contributed by atoms with van der Waals surface area (Å²) in [4.78, 5) is 12.0. The average molecular weight is 327 g/mol.